The summed E-state index contributed by atoms with van der Waals surface area (Å²) in [5, 5.41) is 3.11. The minimum Gasteiger partial charge on any atom is -0.496 e. The Morgan fingerprint density at radius 1 is 1.12 bits per heavy atom. The van der Waals surface area contributed by atoms with E-state index in [9.17, 15) is 13.2 Å². The third kappa shape index (κ3) is 6.13. The molecule has 1 saturated heterocycles. The molecule has 1 fully saturated rings. The minimum atomic E-state index is -3.62. The number of hydrogen-bond acceptors (Lipinski definition) is 5. The van der Waals surface area contributed by atoms with Crippen molar-refractivity contribution >= 4 is 15.9 Å². The topological polar surface area (TPSA) is 84.9 Å². The number of methoxy groups -OCH3 is 1. The molecule has 3 rings (SSSR count). The molecule has 0 saturated carbocycles. The van der Waals surface area contributed by atoms with Gasteiger partial charge in [0, 0.05) is 19.5 Å². The van der Waals surface area contributed by atoms with Crippen molar-refractivity contribution < 1.29 is 22.7 Å². The molecule has 33 heavy (non-hydrogen) atoms. The van der Waals surface area contributed by atoms with E-state index in [0.29, 0.717) is 44.0 Å². The molecular weight excluding hydrogens is 440 g/mol. The number of rotatable bonds is 9. The Hall–Kier alpha value is -2.42. The predicted octanol–water partition coefficient (Wildman–Crippen LogP) is 3.53. The second-order valence-corrected chi connectivity index (χ2v) is 10.3. The first-order valence-corrected chi connectivity index (χ1v) is 12.8. The van der Waals surface area contributed by atoms with Gasteiger partial charge in [-0.15, -0.1) is 0 Å². The molecule has 7 nitrogen and oxygen atoms in total. The number of nitrogens with zero attached hydrogens (tertiary/aromatic N) is 1. The summed E-state index contributed by atoms with van der Waals surface area (Å²) in [6, 6.07) is 11.0. The molecule has 1 amide bonds. The van der Waals surface area contributed by atoms with Crippen LogP contribution >= 0.6 is 0 Å². The molecule has 0 bridgehead atoms. The third-order valence-electron chi connectivity index (χ3n) is 6.16. The van der Waals surface area contributed by atoms with E-state index in [2.05, 4.69) is 37.4 Å². The Morgan fingerprint density at radius 3 is 2.48 bits per heavy atom. The van der Waals surface area contributed by atoms with Crippen LogP contribution in [0.15, 0.2) is 41.3 Å². The molecule has 0 unspecified atom stereocenters. The van der Waals surface area contributed by atoms with Gasteiger partial charge >= 0.3 is 0 Å². The molecular formula is C25H34N2O5S. The highest BCUT2D eigenvalue weighted by atomic mass is 32.2. The molecule has 1 N–H and O–H groups in total. The summed E-state index contributed by atoms with van der Waals surface area (Å²) in [5.74, 6) is 0.494. The number of nitrogens with one attached hydrogen (secondary N) is 1. The first-order chi connectivity index (χ1) is 15.8. The molecule has 0 spiro atoms. The van der Waals surface area contributed by atoms with Crippen LogP contribution in [0.3, 0.4) is 0 Å². The number of amides is 1. The maximum absolute atomic E-state index is 13.0. The Labute approximate surface area is 197 Å². The van der Waals surface area contributed by atoms with Gasteiger partial charge in [-0.3, -0.25) is 4.79 Å². The second kappa shape index (κ2) is 11.1. The summed E-state index contributed by atoms with van der Waals surface area (Å²) in [6.45, 7) is 7.63. The van der Waals surface area contributed by atoms with Crippen molar-refractivity contribution in [2.75, 3.05) is 33.4 Å². The molecule has 180 valence electrons. The van der Waals surface area contributed by atoms with E-state index in [1.54, 1.807) is 25.3 Å². The standard InChI is InChI=1S/C25H34N2O5S/c1-5-23(20-7-6-18(2)19(3)16-20)26-25(28)11-8-21-17-22(9-10-24(21)31-4)33(29,30)27-12-14-32-15-13-27/h6-7,9-10,16-17,23H,5,8,11-15H2,1-4H3,(H,26,28)/t23-/m1/s1. The Kier molecular flexibility index (Phi) is 8.51. The lowest BCUT2D eigenvalue weighted by Crippen LogP contribution is -2.40. The molecule has 0 aliphatic carbocycles. The van der Waals surface area contributed by atoms with Crippen LogP contribution in [-0.2, 0) is 26.0 Å². The van der Waals surface area contributed by atoms with Gasteiger partial charge in [-0.25, -0.2) is 8.42 Å². The normalized spacial score (nSPS) is 15.8. The Balaban J connectivity index is 1.71. The summed E-state index contributed by atoms with van der Waals surface area (Å²) in [6.07, 6.45) is 1.40. The van der Waals surface area contributed by atoms with Crippen molar-refractivity contribution in [1.29, 1.82) is 0 Å². The van der Waals surface area contributed by atoms with E-state index in [1.807, 2.05) is 6.92 Å². The molecule has 1 heterocycles. The quantitative estimate of drug-likeness (QED) is 0.601. The van der Waals surface area contributed by atoms with Crippen LogP contribution in [0.5, 0.6) is 5.75 Å². The highest BCUT2D eigenvalue weighted by molar-refractivity contribution is 7.89. The first kappa shape index (κ1) is 25.2. The number of ether oxygens (including phenoxy) is 2. The first-order valence-electron chi connectivity index (χ1n) is 11.4. The van der Waals surface area contributed by atoms with E-state index < -0.39 is 10.0 Å². The monoisotopic (exact) mass is 474 g/mol. The minimum absolute atomic E-state index is 0.0632. The fraction of sp³-hybridized carbons (Fsp3) is 0.480. The highest BCUT2D eigenvalue weighted by Gasteiger charge is 2.27. The van der Waals surface area contributed by atoms with Gasteiger partial charge < -0.3 is 14.8 Å². The fourth-order valence-electron chi connectivity index (χ4n) is 3.96. The lowest BCUT2D eigenvalue weighted by Gasteiger charge is -2.26. The second-order valence-electron chi connectivity index (χ2n) is 8.36. The number of aryl methyl sites for hydroxylation is 3. The zero-order valence-electron chi connectivity index (χ0n) is 19.9. The van der Waals surface area contributed by atoms with Crippen LogP contribution in [0, 0.1) is 13.8 Å². The molecule has 0 aromatic heterocycles. The molecule has 2 aromatic carbocycles. The van der Waals surface area contributed by atoms with Crippen molar-refractivity contribution in [1.82, 2.24) is 9.62 Å². The van der Waals surface area contributed by atoms with Gasteiger partial charge in [0.05, 0.1) is 31.3 Å². The molecule has 1 aliphatic rings. The summed E-state index contributed by atoms with van der Waals surface area (Å²) in [7, 11) is -2.07. The highest BCUT2D eigenvalue weighted by Crippen LogP contribution is 2.26. The SMILES string of the molecule is CC[C@@H](NC(=O)CCc1cc(S(=O)(=O)N2CCOCC2)ccc1OC)c1ccc(C)c(C)c1. The van der Waals surface area contributed by atoms with Crippen LogP contribution < -0.4 is 10.1 Å². The van der Waals surface area contributed by atoms with E-state index in [0.717, 1.165) is 12.0 Å². The molecule has 2 aromatic rings. The van der Waals surface area contributed by atoms with Gasteiger partial charge in [0.15, 0.2) is 0 Å². The Morgan fingerprint density at radius 2 is 1.85 bits per heavy atom. The largest absolute Gasteiger partial charge is 0.496 e. The lowest BCUT2D eigenvalue weighted by molar-refractivity contribution is -0.121. The van der Waals surface area contributed by atoms with Gasteiger partial charge in [-0.05, 0) is 67.1 Å². The van der Waals surface area contributed by atoms with Gasteiger partial charge in [-0.1, -0.05) is 25.1 Å². The number of benzene rings is 2. The predicted molar refractivity (Wildman–Crippen MR) is 128 cm³/mol. The van der Waals surface area contributed by atoms with Crippen LogP contribution in [0.2, 0.25) is 0 Å². The molecule has 8 heteroatoms. The van der Waals surface area contributed by atoms with Crippen LogP contribution in [-0.4, -0.2) is 52.0 Å². The van der Waals surface area contributed by atoms with Crippen LogP contribution in [0.25, 0.3) is 0 Å². The van der Waals surface area contributed by atoms with Gasteiger partial charge in [-0.2, -0.15) is 4.31 Å². The smallest absolute Gasteiger partial charge is 0.243 e. The van der Waals surface area contributed by atoms with Crippen LogP contribution in [0.1, 0.15) is 48.1 Å². The number of sulfonamides is 1. The van der Waals surface area contributed by atoms with Crippen molar-refractivity contribution in [3.8, 4) is 5.75 Å². The lowest BCUT2D eigenvalue weighted by atomic mass is 9.99. The summed E-state index contributed by atoms with van der Waals surface area (Å²) < 4.78 is 38.2. The van der Waals surface area contributed by atoms with Crippen molar-refractivity contribution in [3.05, 3.63) is 58.7 Å². The molecule has 0 radical (unpaired) electrons. The number of hydrogen-bond donors (Lipinski definition) is 1. The summed E-state index contributed by atoms with van der Waals surface area (Å²) >= 11 is 0. The van der Waals surface area contributed by atoms with E-state index >= 15 is 0 Å². The maximum atomic E-state index is 13.0. The summed E-state index contributed by atoms with van der Waals surface area (Å²) in [4.78, 5) is 13.0. The van der Waals surface area contributed by atoms with Crippen molar-refractivity contribution in [2.45, 2.75) is 51.0 Å². The average molecular weight is 475 g/mol. The number of carbonyl (C=O) groups is 1. The van der Waals surface area contributed by atoms with Crippen molar-refractivity contribution in [3.63, 3.8) is 0 Å². The zero-order chi connectivity index (χ0) is 24.0. The Bertz CT molecular complexity index is 1080. The number of carbonyl (C=O) groups excluding carboxylic acids is 1. The number of morpholine rings is 1. The van der Waals surface area contributed by atoms with Gasteiger partial charge in [0.1, 0.15) is 5.75 Å². The fourth-order valence-corrected chi connectivity index (χ4v) is 5.42. The third-order valence-corrected chi connectivity index (χ3v) is 8.05. The van der Waals surface area contributed by atoms with Gasteiger partial charge in [0.2, 0.25) is 15.9 Å². The van der Waals surface area contributed by atoms with Gasteiger partial charge in [0.25, 0.3) is 0 Å². The molecule has 1 atom stereocenters. The summed E-state index contributed by atoms with van der Waals surface area (Å²) in [5.41, 5.74) is 4.20. The zero-order valence-corrected chi connectivity index (χ0v) is 20.7. The van der Waals surface area contributed by atoms with Crippen LogP contribution in [0.4, 0.5) is 0 Å². The van der Waals surface area contributed by atoms with Crippen molar-refractivity contribution in [2.24, 2.45) is 0 Å². The van der Waals surface area contributed by atoms with E-state index in [-0.39, 0.29) is 23.3 Å². The average Bonchev–Trinajstić information content (AvgIpc) is 2.83. The van der Waals surface area contributed by atoms with E-state index in [4.69, 9.17) is 9.47 Å². The molecule has 1 aliphatic heterocycles. The maximum Gasteiger partial charge on any atom is 0.243 e. The van der Waals surface area contributed by atoms with E-state index in [1.165, 1.54) is 15.4 Å².